The lowest BCUT2D eigenvalue weighted by atomic mass is 10.0. The van der Waals surface area contributed by atoms with Gasteiger partial charge < -0.3 is 20.9 Å². The number of nitrogens with two attached hydrogens (primary N) is 1. The van der Waals surface area contributed by atoms with Crippen molar-refractivity contribution in [1.29, 1.82) is 0 Å². The van der Waals surface area contributed by atoms with E-state index in [0.717, 1.165) is 0 Å². The molecule has 18 heavy (non-hydrogen) atoms. The van der Waals surface area contributed by atoms with Gasteiger partial charge in [-0.1, -0.05) is 13.8 Å². The van der Waals surface area contributed by atoms with Gasteiger partial charge in [0.1, 0.15) is 6.04 Å². The number of carboxylic acid groups (broad SMARTS) is 1. The molecule has 0 aromatic heterocycles. The predicted molar refractivity (Wildman–Crippen MR) is 63.6 cm³/mol. The van der Waals surface area contributed by atoms with Gasteiger partial charge in [0.05, 0.1) is 13.2 Å². The Kier molecular flexibility index (Phi) is 6.96. The van der Waals surface area contributed by atoms with Crippen LogP contribution in [0.4, 0.5) is 0 Å². The number of carbonyl (C=O) groups excluding carboxylic acids is 2. The Morgan fingerprint density at radius 1 is 1.33 bits per heavy atom. The average molecular weight is 260 g/mol. The molecule has 0 bridgehead atoms. The van der Waals surface area contributed by atoms with E-state index in [1.165, 1.54) is 7.11 Å². The molecule has 2 atom stereocenters. The Morgan fingerprint density at radius 3 is 2.28 bits per heavy atom. The molecule has 0 aromatic rings. The van der Waals surface area contributed by atoms with Crippen LogP contribution in [-0.2, 0) is 19.1 Å². The summed E-state index contributed by atoms with van der Waals surface area (Å²) >= 11 is 0. The Bertz CT molecular complexity index is 317. The summed E-state index contributed by atoms with van der Waals surface area (Å²) in [4.78, 5) is 33.4. The molecule has 0 aromatic carbocycles. The molecular formula is C11H20N2O5. The zero-order chi connectivity index (χ0) is 14.3. The lowest BCUT2D eigenvalue weighted by Gasteiger charge is -2.19. The number of carbonyl (C=O) groups is 3. The monoisotopic (exact) mass is 260 g/mol. The number of amides is 1. The van der Waals surface area contributed by atoms with Crippen molar-refractivity contribution in [1.82, 2.24) is 5.32 Å². The maximum absolute atomic E-state index is 11.6. The first-order valence-electron chi connectivity index (χ1n) is 5.65. The van der Waals surface area contributed by atoms with E-state index in [0.29, 0.717) is 0 Å². The molecule has 0 heterocycles. The van der Waals surface area contributed by atoms with Crippen LogP contribution in [0.5, 0.6) is 0 Å². The first kappa shape index (κ1) is 16.4. The topological polar surface area (TPSA) is 119 Å². The van der Waals surface area contributed by atoms with Crippen LogP contribution in [0.2, 0.25) is 0 Å². The number of methoxy groups -OCH3 is 1. The van der Waals surface area contributed by atoms with E-state index in [9.17, 15) is 14.4 Å². The van der Waals surface area contributed by atoms with Crippen LogP contribution in [0.15, 0.2) is 0 Å². The molecule has 0 radical (unpaired) electrons. The molecule has 7 heteroatoms. The Labute approximate surface area is 106 Å². The molecule has 0 aliphatic heterocycles. The van der Waals surface area contributed by atoms with E-state index in [1.807, 2.05) is 0 Å². The molecular weight excluding hydrogens is 240 g/mol. The average Bonchev–Trinajstić information content (AvgIpc) is 2.31. The van der Waals surface area contributed by atoms with Gasteiger partial charge in [-0.05, 0) is 12.3 Å². The number of aliphatic carboxylic acids is 1. The van der Waals surface area contributed by atoms with Crippen molar-refractivity contribution >= 4 is 17.8 Å². The van der Waals surface area contributed by atoms with Crippen molar-refractivity contribution in [3.8, 4) is 0 Å². The van der Waals surface area contributed by atoms with E-state index >= 15 is 0 Å². The first-order valence-corrected chi connectivity index (χ1v) is 5.65. The number of hydrogen-bond donors (Lipinski definition) is 3. The van der Waals surface area contributed by atoms with Crippen LogP contribution in [0.25, 0.3) is 0 Å². The second kappa shape index (κ2) is 7.65. The maximum atomic E-state index is 11.6. The molecule has 0 saturated heterocycles. The number of esters is 1. The van der Waals surface area contributed by atoms with Crippen LogP contribution >= 0.6 is 0 Å². The minimum Gasteiger partial charge on any atom is -0.480 e. The number of hydrogen-bond acceptors (Lipinski definition) is 5. The fraction of sp³-hybridized carbons (Fsp3) is 0.727. The summed E-state index contributed by atoms with van der Waals surface area (Å²) in [5, 5.41) is 11.2. The zero-order valence-electron chi connectivity index (χ0n) is 10.8. The van der Waals surface area contributed by atoms with Crippen LogP contribution in [0.3, 0.4) is 0 Å². The lowest BCUT2D eigenvalue weighted by molar-refractivity contribution is -0.144. The van der Waals surface area contributed by atoms with Crippen LogP contribution in [0.1, 0.15) is 26.7 Å². The molecule has 0 unspecified atom stereocenters. The summed E-state index contributed by atoms with van der Waals surface area (Å²) in [5.41, 5.74) is 5.59. The van der Waals surface area contributed by atoms with Crippen LogP contribution < -0.4 is 11.1 Å². The molecule has 0 aliphatic carbocycles. The van der Waals surface area contributed by atoms with E-state index in [1.54, 1.807) is 13.8 Å². The summed E-state index contributed by atoms with van der Waals surface area (Å²) < 4.78 is 4.40. The van der Waals surface area contributed by atoms with Crippen molar-refractivity contribution in [3.63, 3.8) is 0 Å². The molecule has 0 rings (SSSR count). The summed E-state index contributed by atoms with van der Waals surface area (Å²) in [6.07, 6.45) is -0.108. The number of ether oxygens (including phenoxy) is 1. The van der Waals surface area contributed by atoms with Gasteiger partial charge in [-0.15, -0.1) is 0 Å². The van der Waals surface area contributed by atoms with Gasteiger partial charge in [-0.3, -0.25) is 9.59 Å². The third-order valence-electron chi connectivity index (χ3n) is 2.50. The summed E-state index contributed by atoms with van der Waals surface area (Å²) in [6, 6.07) is -1.91. The highest BCUT2D eigenvalue weighted by Crippen LogP contribution is 2.03. The summed E-state index contributed by atoms with van der Waals surface area (Å²) in [5.74, 6) is -2.37. The van der Waals surface area contributed by atoms with Crippen molar-refractivity contribution in [3.05, 3.63) is 0 Å². The highest BCUT2D eigenvalue weighted by molar-refractivity contribution is 5.87. The second-order valence-electron chi connectivity index (χ2n) is 4.28. The fourth-order valence-corrected chi connectivity index (χ4v) is 1.19. The molecule has 4 N–H and O–H groups in total. The minimum absolute atomic E-state index is 0.0292. The number of rotatable bonds is 7. The van der Waals surface area contributed by atoms with Crippen LogP contribution in [0, 0.1) is 5.92 Å². The van der Waals surface area contributed by atoms with Crippen LogP contribution in [-0.4, -0.2) is 42.1 Å². The smallest absolute Gasteiger partial charge is 0.326 e. The van der Waals surface area contributed by atoms with Gasteiger partial charge in [-0.2, -0.15) is 0 Å². The fourth-order valence-electron chi connectivity index (χ4n) is 1.19. The summed E-state index contributed by atoms with van der Waals surface area (Å²) in [7, 11) is 1.21. The molecule has 104 valence electrons. The van der Waals surface area contributed by atoms with Gasteiger partial charge in [-0.25, -0.2) is 4.79 Å². The second-order valence-corrected chi connectivity index (χ2v) is 4.28. The Balaban J connectivity index is 4.41. The SMILES string of the molecule is COC(=O)CC[C@H](NC(=O)[C@H](N)C(C)C)C(=O)O. The molecule has 1 amide bonds. The molecule has 0 aliphatic rings. The minimum atomic E-state index is -1.21. The molecule has 0 fully saturated rings. The van der Waals surface area contributed by atoms with Gasteiger partial charge in [0.15, 0.2) is 0 Å². The van der Waals surface area contributed by atoms with Gasteiger partial charge in [0, 0.05) is 6.42 Å². The van der Waals surface area contributed by atoms with E-state index in [4.69, 9.17) is 10.8 Å². The van der Waals surface area contributed by atoms with Crippen molar-refractivity contribution in [2.75, 3.05) is 7.11 Å². The predicted octanol–water partition coefficient (Wildman–Crippen LogP) is -0.508. The third-order valence-corrected chi connectivity index (χ3v) is 2.50. The maximum Gasteiger partial charge on any atom is 0.326 e. The highest BCUT2D eigenvalue weighted by Gasteiger charge is 2.25. The normalized spacial score (nSPS) is 13.8. The molecule has 0 spiro atoms. The van der Waals surface area contributed by atoms with E-state index in [-0.39, 0.29) is 18.8 Å². The molecule has 7 nitrogen and oxygen atoms in total. The standard InChI is InChI=1S/C11H20N2O5/c1-6(2)9(12)10(15)13-7(11(16)17)4-5-8(14)18-3/h6-7,9H,4-5,12H2,1-3H3,(H,13,15)(H,16,17)/t7-,9+/m0/s1. The van der Waals surface area contributed by atoms with Crippen molar-refractivity contribution < 1.29 is 24.2 Å². The van der Waals surface area contributed by atoms with E-state index in [2.05, 4.69) is 10.1 Å². The summed E-state index contributed by atoms with van der Waals surface area (Å²) in [6.45, 7) is 3.52. The first-order chi connectivity index (χ1) is 8.29. The van der Waals surface area contributed by atoms with Gasteiger partial charge in [0.25, 0.3) is 0 Å². The molecule has 0 saturated carbocycles. The highest BCUT2D eigenvalue weighted by atomic mass is 16.5. The van der Waals surface area contributed by atoms with Crippen molar-refractivity contribution in [2.45, 2.75) is 38.8 Å². The largest absolute Gasteiger partial charge is 0.480 e. The number of nitrogens with one attached hydrogen (secondary N) is 1. The Hall–Kier alpha value is -1.63. The van der Waals surface area contributed by atoms with Crippen molar-refractivity contribution in [2.24, 2.45) is 11.7 Å². The number of carboxylic acids is 1. The third kappa shape index (κ3) is 5.62. The van der Waals surface area contributed by atoms with Gasteiger partial charge >= 0.3 is 11.9 Å². The lowest BCUT2D eigenvalue weighted by Crippen LogP contribution is -2.50. The van der Waals surface area contributed by atoms with Gasteiger partial charge in [0.2, 0.25) is 5.91 Å². The zero-order valence-corrected chi connectivity index (χ0v) is 10.8. The van der Waals surface area contributed by atoms with E-state index < -0.39 is 29.9 Å². The quantitative estimate of drug-likeness (QED) is 0.530. The Morgan fingerprint density at radius 2 is 1.89 bits per heavy atom.